The summed E-state index contributed by atoms with van der Waals surface area (Å²) in [5.41, 5.74) is 1.65. The highest BCUT2D eigenvalue weighted by atomic mass is 16.5. The number of imidazole rings is 1. The average Bonchev–Trinajstić information content (AvgIpc) is 3.38. The molecule has 1 aromatic heterocycles. The van der Waals surface area contributed by atoms with Gasteiger partial charge in [-0.25, -0.2) is 10.0 Å². The van der Waals surface area contributed by atoms with E-state index in [2.05, 4.69) is 21.4 Å². The molecule has 2 atom stereocenters. The Morgan fingerprint density at radius 3 is 2.74 bits per heavy atom. The number of nitrogens with one attached hydrogen (secondary N) is 2. The zero-order valence-electron chi connectivity index (χ0n) is 18.4. The van der Waals surface area contributed by atoms with Gasteiger partial charge in [0.05, 0.1) is 41.2 Å². The molecule has 3 N–H and O–H groups in total. The van der Waals surface area contributed by atoms with Crippen LogP contribution in [0.3, 0.4) is 0 Å². The average molecular weight is 426 g/mol. The molecule has 2 amide bonds. The molecule has 1 fully saturated rings. The van der Waals surface area contributed by atoms with Crippen LogP contribution in [0.15, 0.2) is 18.2 Å². The van der Waals surface area contributed by atoms with Crippen LogP contribution in [0.5, 0.6) is 0 Å². The highest BCUT2D eigenvalue weighted by Crippen LogP contribution is 2.34. The second-order valence-electron chi connectivity index (χ2n) is 9.58. The number of amides is 2. The first-order valence-corrected chi connectivity index (χ1v) is 10.8. The van der Waals surface area contributed by atoms with Gasteiger partial charge in [0, 0.05) is 0 Å². The minimum Gasteiger partial charge on any atom is -0.345 e. The SMILES string of the molecule is CC(C)(C)C(NC(=O)C(CC1CCCC1)CN(O)C=O)c1nc2ccc(C#N)cc2[nH]1. The molecule has 0 spiro atoms. The van der Waals surface area contributed by atoms with Crippen LogP contribution in [0.4, 0.5) is 0 Å². The second kappa shape index (κ2) is 9.48. The molecule has 0 saturated heterocycles. The predicted octanol–water partition coefficient (Wildman–Crippen LogP) is 3.68. The van der Waals surface area contributed by atoms with Crippen LogP contribution in [0.25, 0.3) is 11.0 Å². The van der Waals surface area contributed by atoms with E-state index in [4.69, 9.17) is 5.26 Å². The van der Waals surface area contributed by atoms with Crippen molar-refractivity contribution < 1.29 is 14.8 Å². The number of hydrogen-bond donors (Lipinski definition) is 3. The van der Waals surface area contributed by atoms with Crippen molar-refractivity contribution in [2.75, 3.05) is 6.54 Å². The van der Waals surface area contributed by atoms with E-state index in [1.165, 1.54) is 0 Å². The maximum absolute atomic E-state index is 13.3. The molecule has 1 aliphatic carbocycles. The molecule has 1 aliphatic rings. The van der Waals surface area contributed by atoms with Crippen LogP contribution in [-0.4, -0.2) is 39.1 Å². The van der Waals surface area contributed by atoms with Gasteiger partial charge in [-0.3, -0.25) is 14.8 Å². The molecule has 3 rings (SSSR count). The van der Waals surface area contributed by atoms with Gasteiger partial charge in [-0.2, -0.15) is 5.26 Å². The highest BCUT2D eigenvalue weighted by molar-refractivity contribution is 5.80. The zero-order chi connectivity index (χ0) is 22.6. The normalized spacial score (nSPS) is 16.6. The van der Waals surface area contributed by atoms with E-state index in [1.807, 2.05) is 20.8 Å². The fraction of sp³-hybridized carbons (Fsp3) is 0.565. The Hall–Kier alpha value is -2.92. The summed E-state index contributed by atoms with van der Waals surface area (Å²) in [6, 6.07) is 6.95. The van der Waals surface area contributed by atoms with Gasteiger partial charge < -0.3 is 10.3 Å². The highest BCUT2D eigenvalue weighted by Gasteiger charge is 2.34. The summed E-state index contributed by atoms with van der Waals surface area (Å²) in [4.78, 5) is 32.1. The molecule has 1 saturated carbocycles. The summed E-state index contributed by atoms with van der Waals surface area (Å²) in [6.45, 7) is 6.01. The van der Waals surface area contributed by atoms with E-state index in [0.29, 0.717) is 35.2 Å². The number of H-pyrrole nitrogens is 1. The van der Waals surface area contributed by atoms with E-state index in [9.17, 15) is 14.8 Å². The Morgan fingerprint density at radius 1 is 1.42 bits per heavy atom. The molecule has 8 nitrogen and oxygen atoms in total. The van der Waals surface area contributed by atoms with Gasteiger partial charge in [0.15, 0.2) is 0 Å². The van der Waals surface area contributed by atoms with Gasteiger partial charge >= 0.3 is 0 Å². The van der Waals surface area contributed by atoms with Crippen molar-refractivity contribution in [3.05, 3.63) is 29.6 Å². The van der Waals surface area contributed by atoms with Gasteiger partial charge in [-0.1, -0.05) is 46.5 Å². The second-order valence-corrected chi connectivity index (χ2v) is 9.58. The molecule has 1 heterocycles. The van der Waals surface area contributed by atoms with Gasteiger partial charge in [0.1, 0.15) is 5.82 Å². The number of nitriles is 1. The van der Waals surface area contributed by atoms with Gasteiger partial charge in [0.25, 0.3) is 0 Å². The van der Waals surface area contributed by atoms with E-state index in [1.54, 1.807) is 18.2 Å². The number of nitrogens with zero attached hydrogens (tertiary/aromatic N) is 3. The molecular formula is C23H31N5O3. The third-order valence-corrected chi connectivity index (χ3v) is 6.05. The lowest BCUT2D eigenvalue weighted by Gasteiger charge is -2.32. The van der Waals surface area contributed by atoms with Crippen LogP contribution in [0.2, 0.25) is 0 Å². The Labute approximate surface area is 182 Å². The largest absolute Gasteiger partial charge is 0.345 e. The van der Waals surface area contributed by atoms with Crippen molar-refractivity contribution in [2.24, 2.45) is 17.3 Å². The number of aromatic nitrogens is 2. The van der Waals surface area contributed by atoms with Crippen LogP contribution < -0.4 is 5.32 Å². The number of hydrogen-bond acceptors (Lipinski definition) is 5. The third kappa shape index (κ3) is 5.61. The summed E-state index contributed by atoms with van der Waals surface area (Å²) in [6.07, 6.45) is 5.43. The lowest BCUT2D eigenvalue weighted by molar-refractivity contribution is -0.155. The standard InChI is InChI=1S/C23H31N5O3/c1-23(2,3)20(21-25-18-9-8-16(12-24)11-19(18)26-21)27-22(30)17(13-28(31)14-29)10-15-6-4-5-7-15/h8-9,11,14-15,17,20,31H,4-7,10,13H2,1-3H3,(H,25,26)(H,27,30). The number of rotatable bonds is 8. The Bertz CT molecular complexity index is 966. The monoisotopic (exact) mass is 425 g/mol. The molecule has 1 aromatic carbocycles. The van der Waals surface area contributed by atoms with Crippen LogP contribution in [-0.2, 0) is 9.59 Å². The first-order valence-electron chi connectivity index (χ1n) is 10.8. The van der Waals surface area contributed by atoms with E-state index >= 15 is 0 Å². The van der Waals surface area contributed by atoms with Crippen molar-refractivity contribution in [3.63, 3.8) is 0 Å². The first kappa shape index (κ1) is 22.8. The van der Waals surface area contributed by atoms with Crippen LogP contribution >= 0.6 is 0 Å². The van der Waals surface area contributed by atoms with E-state index < -0.39 is 12.0 Å². The van der Waals surface area contributed by atoms with Crippen LogP contribution in [0.1, 0.15) is 70.3 Å². The van der Waals surface area contributed by atoms with Crippen molar-refractivity contribution in [1.82, 2.24) is 20.3 Å². The number of carbonyl (C=O) groups excluding carboxylic acids is 2. The molecular weight excluding hydrogens is 394 g/mol. The summed E-state index contributed by atoms with van der Waals surface area (Å²) in [5.74, 6) is 0.338. The topological polar surface area (TPSA) is 122 Å². The molecule has 2 unspecified atom stereocenters. The number of benzene rings is 1. The summed E-state index contributed by atoms with van der Waals surface area (Å²) < 4.78 is 0. The molecule has 8 heteroatoms. The lowest BCUT2D eigenvalue weighted by Crippen LogP contribution is -2.43. The Balaban J connectivity index is 1.85. The summed E-state index contributed by atoms with van der Waals surface area (Å²) in [5, 5.41) is 22.6. The number of fused-ring (bicyclic) bond motifs is 1. The summed E-state index contributed by atoms with van der Waals surface area (Å²) in [7, 11) is 0. The smallest absolute Gasteiger partial charge is 0.233 e. The minimum atomic E-state index is -0.502. The maximum atomic E-state index is 13.3. The fourth-order valence-corrected chi connectivity index (χ4v) is 4.37. The van der Waals surface area contributed by atoms with Gasteiger partial charge in [-0.05, 0) is 36.0 Å². The Kier molecular flexibility index (Phi) is 6.96. The van der Waals surface area contributed by atoms with Gasteiger partial charge in [0.2, 0.25) is 12.3 Å². The molecule has 166 valence electrons. The lowest BCUT2D eigenvalue weighted by atomic mass is 9.85. The quantitative estimate of drug-likeness (QED) is 0.338. The summed E-state index contributed by atoms with van der Waals surface area (Å²) >= 11 is 0. The predicted molar refractivity (Wildman–Crippen MR) is 116 cm³/mol. The van der Waals surface area contributed by atoms with Crippen molar-refractivity contribution >= 4 is 23.4 Å². The van der Waals surface area contributed by atoms with Crippen molar-refractivity contribution in [1.29, 1.82) is 5.26 Å². The Morgan fingerprint density at radius 2 is 2.13 bits per heavy atom. The molecule has 0 aliphatic heterocycles. The van der Waals surface area contributed by atoms with Gasteiger partial charge in [-0.15, -0.1) is 0 Å². The molecule has 2 aromatic rings. The van der Waals surface area contributed by atoms with Crippen molar-refractivity contribution in [3.8, 4) is 6.07 Å². The van der Waals surface area contributed by atoms with Crippen LogP contribution in [0, 0.1) is 28.6 Å². The molecule has 0 radical (unpaired) electrons. The molecule has 0 bridgehead atoms. The fourth-order valence-electron chi connectivity index (χ4n) is 4.37. The molecule has 31 heavy (non-hydrogen) atoms. The number of carbonyl (C=O) groups is 2. The van der Waals surface area contributed by atoms with Crippen molar-refractivity contribution in [2.45, 2.75) is 58.9 Å². The number of hydroxylamine groups is 2. The van der Waals surface area contributed by atoms with E-state index in [-0.39, 0.29) is 17.9 Å². The minimum absolute atomic E-state index is 0.0334. The van der Waals surface area contributed by atoms with E-state index in [0.717, 1.165) is 36.7 Å². The number of aromatic amines is 1. The maximum Gasteiger partial charge on any atom is 0.233 e. The first-order chi connectivity index (χ1) is 14.7. The third-order valence-electron chi connectivity index (χ3n) is 6.05. The zero-order valence-corrected chi connectivity index (χ0v) is 18.4.